The Kier molecular flexibility index (Phi) is 4.00. The van der Waals surface area contributed by atoms with Crippen LogP contribution in [0.2, 0.25) is 0 Å². The second-order valence-electron chi connectivity index (χ2n) is 7.67. The second-order valence-corrected chi connectivity index (χ2v) is 8.47. The molecule has 1 aromatic rings. The third kappa shape index (κ3) is 3.08. The van der Waals surface area contributed by atoms with E-state index in [4.69, 9.17) is 4.74 Å². The van der Waals surface area contributed by atoms with Crippen LogP contribution in [0.5, 0.6) is 5.75 Å². The van der Waals surface area contributed by atoms with Gasteiger partial charge in [0, 0.05) is 12.7 Å². The number of ether oxygens (including phenoxy) is 1. The summed E-state index contributed by atoms with van der Waals surface area (Å²) in [6, 6.07) is 3.59. The molecule has 1 N–H and O–H groups in total. The molecule has 0 radical (unpaired) electrons. The quantitative estimate of drug-likeness (QED) is 0.843. The first-order valence-corrected chi connectivity index (χ1v) is 9.83. The average Bonchev–Trinajstić information content (AvgIpc) is 2.52. The fraction of sp³-hybridized carbons (Fsp3) is 0.667. The SMILES string of the molecule is CSc1ncccc1OC(=O)NCC12CC3CC(CC(C3)C1)C2. The third-order valence-corrected chi connectivity index (χ3v) is 6.60. The van der Waals surface area contributed by atoms with Crippen LogP contribution in [0.25, 0.3) is 0 Å². The number of rotatable bonds is 4. The van der Waals surface area contributed by atoms with Crippen molar-refractivity contribution in [1.82, 2.24) is 10.3 Å². The van der Waals surface area contributed by atoms with Crippen molar-refractivity contribution in [3.8, 4) is 5.75 Å². The van der Waals surface area contributed by atoms with E-state index in [1.165, 1.54) is 50.3 Å². The van der Waals surface area contributed by atoms with Gasteiger partial charge in [0.1, 0.15) is 5.03 Å². The Labute approximate surface area is 141 Å². The maximum absolute atomic E-state index is 12.2. The van der Waals surface area contributed by atoms with Gasteiger partial charge in [0.2, 0.25) is 0 Å². The Bertz CT molecular complexity index is 569. The van der Waals surface area contributed by atoms with Crippen molar-refractivity contribution < 1.29 is 9.53 Å². The summed E-state index contributed by atoms with van der Waals surface area (Å²) in [5, 5.41) is 3.79. The largest absolute Gasteiger partial charge is 0.412 e. The van der Waals surface area contributed by atoms with Crippen molar-refractivity contribution in [2.24, 2.45) is 23.2 Å². The number of carbonyl (C=O) groups excluding carboxylic acids is 1. The molecule has 1 aromatic heterocycles. The molecule has 0 unspecified atom stereocenters. The first-order valence-electron chi connectivity index (χ1n) is 8.60. The van der Waals surface area contributed by atoms with Gasteiger partial charge in [0.25, 0.3) is 0 Å². The van der Waals surface area contributed by atoms with E-state index in [-0.39, 0.29) is 6.09 Å². The lowest BCUT2D eigenvalue weighted by molar-refractivity contribution is -0.0503. The topological polar surface area (TPSA) is 51.2 Å². The highest BCUT2D eigenvalue weighted by Crippen LogP contribution is 2.59. The Hall–Kier alpha value is -1.23. The van der Waals surface area contributed by atoms with E-state index in [0.29, 0.717) is 11.2 Å². The molecule has 0 aromatic carbocycles. The Balaban J connectivity index is 1.37. The van der Waals surface area contributed by atoms with E-state index < -0.39 is 0 Å². The summed E-state index contributed by atoms with van der Waals surface area (Å²) in [5.74, 6) is 3.25. The monoisotopic (exact) mass is 332 g/mol. The first-order chi connectivity index (χ1) is 11.2. The Morgan fingerprint density at radius 3 is 2.57 bits per heavy atom. The number of nitrogens with zero attached hydrogens (tertiary/aromatic N) is 1. The van der Waals surface area contributed by atoms with Gasteiger partial charge in [0.05, 0.1) is 0 Å². The van der Waals surface area contributed by atoms with Crippen LogP contribution >= 0.6 is 11.8 Å². The number of hydrogen-bond acceptors (Lipinski definition) is 4. The summed E-state index contributed by atoms with van der Waals surface area (Å²) in [4.78, 5) is 16.4. The number of pyridine rings is 1. The summed E-state index contributed by atoms with van der Waals surface area (Å²) in [6.07, 6.45) is 11.5. The lowest BCUT2D eigenvalue weighted by Gasteiger charge is -2.56. The highest BCUT2D eigenvalue weighted by atomic mass is 32.2. The molecular weight excluding hydrogens is 308 g/mol. The maximum atomic E-state index is 12.2. The number of nitrogens with one attached hydrogen (secondary N) is 1. The van der Waals surface area contributed by atoms with E-state index in [1.54, 1.807) is 18.3 Å². The van der Waals surface area contributed by atoms with E-state index in [2.05, 4.69) is 10.3 Å². The zero-order valence-electron chi connectivity index (χ0n) is 13.6. The summed E-state index contributed by atoms with van der Waals surface area (Å²) in [6.45, 7) is 0.768. The molecule has 1 heterocycles. The van der Waals surface area contributed by atoms with Crippen molar-refractivity contribution in [3.05, 3.63) is 18.3 Å². The van der Waals surface area contributed by atoms with Crippen molar-refractivity contribution in [1.29, 1.82) is 0 Å². The van der Waals surface area contributed by atoms with Gasteiger partial charge >= 0.3 is 6.09 Å². The molecule has 4 aliphatic carbocycles. The molecule has 23 heavy (non-hydrogen) atoms. The molecular formula is C18H24N2O2S. The van der Waals surface area contributed by atoms with Crippen LogP contribution in [0.3, 0.4) is 0 Å². The van der Waals surface area contributed by atoms with Gasteiger partial charge in [-0.2, -0.15) is 0 Å². The minimum Gasteiger partial charge on any atom is -0.407 e. The smallest absolute Gasteiger partial charge is 0.407 e. The van der Waals surface area contributed by atoms with Gasteiger partial charge in [-0.25, -0.2) is 9.78 Å². The summed E-state index contributed by atoms with van der Waals surface area (Å²) >= 11 is 1.49. The average molecular weight is 332 g/mol. The van der Waals surface area contributed by atoms with Crippen molar-refractivity contribution >= 4 is 17.9 Å². The van der Waals surface area contributed by atoms with E-state index in [0.717, 1.165) is 29.3 Å². The lowest BCUT2D eigenvalue weighted by atomic mass is 9.49. The number of amides is 1. The van der Waals surface area contributed by atoms with Crippen LogP contribution in [-0.4, -0.2) is 23.9 Å². The van der Waals surface area contributed by atoms with Crippen LogP contribution in [0.1, 0.15) is 38.5 Å². The summed E-state index contributed by atoms with van der Waals surface area (Å²) < 4.78 is 5.47. The molecule has 4 aliphatic rings. The molecule has 124 valence electrons. The van der Waals surface area contributed by atoms with Crippen LogP contribution in [0.15, 0.2) is 23.4 Å². The molecule has 0 atom stereocenters. The van der Waals surface area contributed by atoms with Crippen molar-refractivity contribution in [3.63, 3.8) is 0 Å². The van der Waals surface area contributed by atoms with Gasteiger partial charge < -0.3 is 10.1 Å². The molecule has 0 spiro atoms. The zero-order valence-corrected chi connectivity index (χ0v) is 14.4. The molecule has 0 aliphatic heterocycles. The van der Waals surface area contributed by atoms with Gasteiger partial charge in [-0.3, -0.25) is 0 Å². The molecule has 4 saturated carbocycles. The number of thioether (sulfide) groups is 1. The van der Waals surface area contributed by atoms with E-state index in [9.17, 15) is 4.79 Å². The Morgan fingerprint density at radius 2 is 1.96 bits per heavy atom. The molecule has 5 rings (SSSR count). The van der Waals surface area contributed by atoms with Gasteiger partial charge in [-0.15, -0.1) is 11.8 Å². The van der Waals surface area contributed by atoms with Crippen LogP contribution in [-0.2, 0) is 0 Å². The third-order valence-electron chi connectivity index (χ3n) is 5.91. The molecule has 4 fully saturated rings. The first kappa shape index (κ1) is 15.3. The molecule has 1 amide bonds. The van der Waals surface area contributed by atoms with Gasteiger partial charge in [-0.1, -0.05) is 0 Å². The molecule has 4 bridgehead atoms. The van der Waals surface area contributed by atoms with Gasteiger partial charge in [-0.05, 0) is 80.1 Å². The molecule has 4 nitrogen and oxygen atoms in total. The van der Waals surface area contributed by atoms with Crippen molar-refractivity contribution in [2.75, 3.05) is 12.8 Å². The highest BCUT2D eigenvalue weighted by Gasteiger charge is 2.50. The lowest BCUT2D eigenvalue weighted by Crippen LogP contribution is -2.51. The standard InChI is InChI=1S/C18H24N2O2S/c1-23-16-15(3-2-4-19-16)22-17(21)20-11-18-8-12-5-13(9-18)7-14(6-12)10-18/h2-4,12-14H,5-11H2,1H3,(H,20,21). The minimum atomic E-state index is -0.343. The van der Waals surface area contributed by atoms with E-state index >= 15 is 0 Å². The normalized spacial score (nSPS) is 34.4. The maximum Gasteiger partial charge on any atom is 0.412 e. The van der Waals surface area contributed by atoms with Crippen LogP contribution < -0.4 is 10.1 Å². The minimum absolute atomic E-state index is 0.338. The Morgan fingerprint density at radius 1 is 1.30 bits per heavy atom. The molecule has 0 saturated heterocycles. The second kappa shape index (κ2) is 6.00. The van der Waals surface area contributed by atoms with Gasteiger partial charge in [0.15, 0.2) is 5.75 Å². The predicted molar refractivity (Wildman–Crippen MR) is 90.6 cm³/mol. The predicted octanol–water partition coefficient (Wildman–Crippen LogP) is 4.11. The van der Waals surface area contributed by atoms with E-state index in [1.807, 2.05) is 6.26 Å². The summed E-state index contributed by atoms with van der Waals surface area (Å²) in [7, 11) is 0. The number of hydrogen-bond donors (Lipinski definition) is 1. The highest BCUT2D eigenvalue weighted by molar-refractivity contribution is 7.98. The fourth-order valence-electron chi connectivity index (χ4n) is 5.51. The van der Waals surface area contributed by atoms with Crippen molar-refractivity contribution in [2.45, 2.75) is 43.6 Å². The van der Waals surface area contributed by atoms with Crippen LogP contribution in [0.4, 0.5) is 4.79 Å². The number of carbonyl (C=O) groups is 1. The summed E-state index contributed by atoms with van der Waals surface area (Å²) in [5.41, 5.74) is 0.338. The van der Waals surface area contributed by atoms with Crippen LogP contribution in [0, 0.1) is 23.2 Å². The zero-order chi connectivity index (χ0) is 15.9. The fourth-order valence-corrected chi connectivity index (χ4v) is 5.99. The molecule has 5 heteroatoms. The number of aromatic nitrogens is 1.